The van der Waals surface area contributed by atoms with Crippen molar-refractivity contribution in [1.82, 2.24) is 14.6 Å². The van der Waals surface area contributed by atoms with Crippen molar-refractivity contribution in [1.29, 1.82) is 0 Å². The minimum absolute atomic E-state index is 0.000708. The number of carbonyl (C=O) groups is 1. The third-order valence-electron chi connectivity index (χ3n) is 6.88. The summed E-state index contributed by atoms with van der Waals surface area (Å²) in [5.74, 6) is 0. The Bertz CT molecular complexity index is 1310. The second-order valence-corrected chi connectivity index (χ2v) is 13.3. The zero-order valence-electron chi connectivity index (χ0n) is 17.2. The summed E-state index contributed by atoms with van der Waals surface area (Å²) in [6.45, 7) is 1.69. The molecule has 0 amide bonds. The molecule has 1 N–H and O–H groups in total. The van der Waals surface area contributed by atoms with E-state index in [-0.39, 0.29) is 27.7 Å². The number of rotatable bonds is 3. The van der Waals surface area contributed by atoms with Crippen molar-refractivity contribution in [2.45, 2.75) is 36.1 Å². The maximum Gasteiger partial charge on any atom is 0.401 e. The third kappa shape index (κ3) is 2.73. The summed E-state index contributed by atoms with van der Waals surface area (Å²) in [5, 5.41) is 13.3. The number of hydrogen-bond acceptors (Lipinski definition) is 4. The zero-order valence-corrected chi connectivity index (χ0v) is 18.9. The highest BCUT2D eigenvalue weighted by Crippen LogP contribution is 2.63. The molecule has 174 valence electrons. The van der Waals surface area contributed by atoms with Gasteiger partial charge in [-0.3, -0.25) is 4.79 Å². The first-order valence-corrected chi connectivity index (χ1v) is 12.8. The first-order chi connectivity index (χ1) is 15.2. The van der Waals surface area contributed by atoms with E-state index in [0.29, 0.717) is 5.69 Å². The molecule has 1 aromatic carbocycles. The van der Waals surface area contributed by atoms with Crippen LogP contribution in [0.1, 0.15) is 23.7 Å². The normalized spacial score (nSPS) is 28.2. The van der Waals surface area contributed by atoms with Crippen molar-refractivity contribution in [2.24, 2.45) is 0 Å². The van der Waals surface area contributed by atoms with Crippen LogP contribution < -0.4 is 4.90 Å². The Morgan fingerprint density at radius 1 is 1.27 bits per heavy atom. The van der Waals surface area contributed by atoms with Gasteiger partial charge in [-0.25, -0.2) is 18.3 Å². The summed E-state index contributed by atoms with van der Waals surface area (Å²) in [4.78, 5) is 17.0. The molecule has 0 radical (unpaired) electrons. The van der Waals surface area contributed by atoms with Crippen LogP contribution in [0.4, 0.5) is 38.1 Å². The van der Waals surface area contributed by atoms with E-state index < -0.39 is 42.9 Å². The first kappa shape index (κ1) is 22.1. The van der Waals surface area contributed by atoms with E-state index in [9.17, 15) is 31.9 Å². The highest BCUT2D eigenvalue weighted by atomic mass is 35.5. The van der Waals surface area contributed by atoms with Crippen LogP contribution in [0.2, 0.25) is 11.7 Å². The number of hydrogen-bond donors (Lipinski definition) is 1. The largest absolute Gasteiger partial charge is 0.485 e. The molecule has 0 unspecified atom stereocenters. The maximum atomic E-state index is 14.3. The van der Waals surface area contributed by atoms with Crippen LogP contribution in [-0.4, -0.2) is 51.6 Å². The molecule has 0 saturated carbocycles. The number of fused-ring (bicyclic) bond motifs is 3. The van der Waals surface area contributed by atoms with Gasteiger partial charge in [-0.2, -0.15) is 18.3 Å². The third-order valence-corrected chi connectivity index (χ3v) is 11.2. The fourth-order valence-electron chi connectivity index (χ4n) is 4.73. The van der Waals surface area contributed by atoms with Crippen molar-refractivity contribution in [3.8, 4) is 0 Å². The van der Waals surface area contributed by atoms with Gasteiger partial charge in [0.2, 0.25) is 5.55 Å². The Balaban J connectivity index is 1.58. The van der Waals surface area contributed by atoms with E-state index in [4.69, 9.17) is 11.6 Å². The number of benzene rings is 1. The quantitative estimate of drug-likeness (QED) is 0.378. The fraction of sp³-hybridized carbons (Fsp3) is 0.350. The predicted molar refractivity (Wildman–Crippen MR) is 112 cm³/mol. The standard InChI is InChI=1S/C20H16ClF5N4O2Si/c1-18(20(24,25)26)9-29(12-8-27-14-7-13(21)28-30(14)15(12)18)11-5-3-10(4-6-11)16-19(22,23)33(16,2)17(31)32/h3-8,16H,9H2,1-2H3,(H,31,32)/t16-,18+,33-/m0/s1. The van der Waals surface area contributed by atoms with E-state index >= 15 is 0 Å². The monoisotopic (exact) mass is 502 g/mol. The Morgan fingerprint density at radius 3 is 2.45 bits per heavy atom. The molecule has 0 bridgehead atoms. The van der Waals surface area contributed by atoms with Crippen LogP contribution in [0, 0.1) is 0 Å². The number of carboxylic acid groups (broad SMARTS) is 1. The molecular weight excluding hydrogens is 487 g/mol. The Hall–Kier alpha value is -2.73. The lowest BCUT2D eigenvalue weighted by atomic mass is 9.87. The van der Waals surface area contributed by atoms with E-state index in [1.54, 1.807) is 0 Å². The molecule has 0 spiro atoms. The molecule has 5 rings (SSSR count). The summed E-state index contributed by atoms with van der Waals surface area (Å²) in [6, 6.07) is 6.91. The molecular formula is C20H16ClF5N4O2Si. The summed E-state index contributed by atoms with van der Waals surface area (Å²) in [5.41, 5.74) is -7.76. The van der Waals surface area contributed by atoms with Crippen LogP contribution >= 0.6 is 11.6 Å². The minimum atomic E-state index is -4.63. The molecule has 1 saturated heterocycles. The summed E-state index contributed by atoms with van der Waals surface area (Å²) < 4.78 is 72.3. The van der Waals surface area contributed by atoms with Gasteiger partial charge in [-0.15, -0.1) is 0 Å². The second kappa shape index (κ2) is 6.44. The van der Waals surface area contributed by atoms with Gasteiger partial charge in [0.1, 0.15) is 5.41 Å². The van der Waals surface area contributed by atoms with Crippen LogP contribution in [0.25, 0.3) is 5.65 Å². The number of aromatic nitrogens is 3. The minimum Gasteiger partial charge on any atom is -0.485 e. The Labute approximate surface area is 189 Å². The Kier molecular flexibility index (Phi) is 4.31. The van der Waals surface area contributed by atoms with Gasteiger partial charge in [0.25, 0.3) is 13.7 Å². The summed E-state index contributed by atoms with van der Waals surface area (Å²) in [7, 11) is -3.88. The van der Waals surface area contributed by atoms with Crippen molar-refractivity contribution in [2.75, 3.05) is 11.4 Å². The highest BCUT2D eigenvalue weighted by molar-refractivity contribution is 7.14. The van der Waals surface area contributed by atoms with Crippen LogP contribution in [0.15, 0.2) is 36.5 Å². The Morgan fingerprint density at radius 2 is 1.91 bits per heavy atom. The molecule has 3 atom stereocenters. The number of anilines is 2. The molecule has 2 aromatic heterocycles. The predicted octanol–water partition coefficient (Wildman–Crippen LogP) is 5.50. The summed E-state index contributed by atoms with van der Waals surface area (Å²) >= 11 is 5.90. The van der Waals surface area contributed by atoms with Gasteiger partial charge < -0.3 is 10.0 Å². The lowest BCUT2D eigenvalue weighted by molar-refractivity contribution is -0.181. The number of alkyl halides is 5. The maximum absolute atomic E-state index is 14.3. The van der Waals surface area contributed by atoms with E-state index in [2.05, 4.69) is 10.1 Å². The lowest BCUT2D eigenvalue weighted by Crippen LogP contribution is -2.43. The van der Waals surface area contributed by atoms with Gasteiger partial charge in [0.05, 0.1) is 23.1 Å². The molecule has 4 heterocycles. The molecule has 1 fully saturated rings. The van der Waals surface area contributed by atoms with Gasteiger partial charge >= 0.3 is 6.18 Å². The van der Waals surface area contributed by atoms with Gasteiger partial charge in [0, 0.05) is 18.3 Å². The van der Waals surface area contributed by atoms with Gasteiger partial charge in [0.15, 0.2) is 10.8 Å². The molecule has 2 aliphatic heterocycles. The molecule has 6 nitrogen and oxygen atoms in total. The van der Waals surface area contributed by atoms with E-state index in [1.165, 1.54) is 41.4 Å². The van der Waals surface area contributed by atoms with Crippen molar-refractivity contribution < 1.29 is 31.9 Å². The first-order valence-electron chi connectivity index (χ1n) is 9.83. The van der Waals surface area contributed by atoms with Crippen molar-refractivity contribution in [3.63, 3.8) is 0 Å². The van der Waals surface area contributed by atoms with Crippen LogP contribution in [-0.2, 0) is 5.41 Å². The molecule has 0 aliphatic carbocycles. The second-order valence-electron chi connectivity index (χ2n) is 8.80. The van der Waals surface area contributed by atoms with Crippen molar-refractivity contribution >= 4 is 42.3 Å². The van der Waals surface area contributed by atoms with Gasteiger partial charge in [-0.1, -0.05) is 30.3 Å². The van der Waals surface area contributed by atoms with Crippen LogP contribution in [0.3, 0.4) is 0 Å². The number of halogens is 6. The highest BCUT2D eigenvalue weighted by Gasteiger charge is 2.85. The SMILES string of the molecule is C[C@@]1(C(F)(F)F)CN(c2ccc([C@H]3C(F)(F)[Si@]3(C)C(=O)O)cc2)c2cnc3cc(Cl)nn3c21. The van der Waals surface area contributed by atoms with E-state index in [1.807, 2.05) is 0 Å². The van der Waals surface area contributed by atoms with E-state index in [0.717, 1.165) is 18.0 Å². The summed E-state index contributed by atoms with van der Waals surface area (Å²) in [6.07, 6.45) is -3.33. The topological polar surface area (TPSA) is 70.7 Å². The van der Waals surface area contributed by atoms with Crippen molar-refractivity contribution in [3.05, 3.63) is 52.9 Å². The zero-order chi connectivity index (χ0) is 24.1. The molecule has 13 heteroatoms. The van der Waals surface area contributed by atoms with Gasteiger partial charge in [-0.05, 0) is 24.6 Å². The fourth-order valence-corrected chi connectivity index (χ4v) is 8.17. The smallest absolute Gasteiger partial charge is 0.401 e. The lowest BCUT2D eigenvalue weighted by Gasteiger charge is -2.28. The molecule has 2 aliphatic rings. The molecule has 33 heavy (non-hydrogen) atoms. The number of nitrogens with zero attached hydrogens (tertiary/aromatic N) is 4. The molecule has 3 aromatic rings. The average molecular weight is 503 g/mol. The van der Waals surface area contributed by atoms with Crippen LogP contribution in [0.5, 0.6) is 0 Å². The average Bonchev–Trinajstić information content (AvgIpc) is 3.01.